The maximum Gasteiger partial charge on any atom is 0.269 e. The Kier molecular flexibility index (Phi) is 6.18. The van der Waals surface area contributed by atoms with Gasteiger partial charge in [-0.3, -0.25) is 19.7 Å². The highest BCUT2D eigenvalue weighted by molar-refractivity contribution is 6.01. The van der Waals surface area contributed by atoms with E-state index in [0.29, 0.717) is 11.3 Å². The van der Waals surface area contributed by atoms with Crippen molar-refractivity contribution in [2.75, 3.05) is 0 Å². The van der Waals surface area contributed by atoms with E-state index in [0.717, 1.165) is 0 Å². The van der Waals surface area contributed by atoms with Crippen LogP contribution in [0.5, 0.6) is 0 Å². The Morgan fingerprint density at radius 1 is 1.23 bits per heavy atom. The smallest absolute Gasteiger partial charge is 0.269 e. The van der Waals surface area contributed by atoms with E-state index in [9.17, 15) is 19.7 Å². The minimum Gasteiger partial charge on any atom is -0.353 e. The Balaban J connectivity index is 2.59. The molecule has 0 aliphatic carbocycles. The molecular formula is C14H18N4O4. The van der Waals surface area contributed by atoms with Gasteiger partial charge in [0.25, 0.3) is 5.69 Å². The van der Waals surface area contributed by atoms with Crippen molar-refractivity contribution in [2.45, 2.75) is 33.2 Å². The number of rotatable bonds is 6. The second-order valence-corrected chi connectivity index (χ2v) is 4.94. The topological polar surface area (TPSA) is 114 Å². The third kappa shape index (κ3) is 5.70. The van der Waals surface area contributed by atoms with Crippen LogP contribution in [-0.4, -0.2) is 28.5 Å². The van der Waals surface area contributed by atoms with Crippen LogP contribution in [0.3, 0.4) is 0 Å². The van der Waals surface area contributed by atoms with Gasteiger partial charge >= 0.3 is 0 Å². The number of hydrogen-bond donors (Lipinski definition) is 2. The summed E-state index contributed by atoms with van der Waals surface area (Å²) in [6.45, 7) is 5.25. The second-order valence-electron chi connectivity index (χ2n) is 4.94. The van der Waals surface area contributed by atoms with Crippen LogP contribution in [0.4, 0.5) is 5.69 Å². The van der Waals surface area contributed by atoms with Crippen LogP contribution in [-0.2, 0) is 9.59 Å². The number of amides is 2. The molecule has 0 saturated carbocycles. The molecule has 0 heterocycles. The van der Waals surface area contributed by atoms with Crippen LogP contribution < -0.4 is 10.7 Å². The van der Waals surface area contributed by atoms with Gasteiger partial charge in [-0.2, -0.15) is 5.10 Å². The Morgan fingerprint density at radius 3 is 2.32 bits per heavy atom. The number of hydrogen-bond acceptors (Lipinski definition) is 5. The summed E-state index contributed by atoms with van der Waals surface area (Å²) in [4.78, 5) is 33.0. The van der Waals surface area contributed by atoms with E-state index in [4.69, 9.17) is 0 Å². The third-order valence-corrected chi connectivity index (χ3v) is 2.61. The van der Waals surface area contributed by atoms with Gasteiger partial charge in [-0.1, -0.05) is 0 Å². The highest BCUT2D eigenvalue weighted by Gasteiger charge is 2.10. The standard InChI is InChI=1S/C14H18N4O4/c1-9(2)15-13(19)8-14(20)17-16-10(3)11-4-6-12(7-5-11)18(21)22/h4-7,9H,8H2,1-3H3,(H,15,19)(H,17,20)/b16-10+. The number of benzene rings is 1. The summed E-state index contributed by atoms with van der Waals surface area (Å²) in [6.07, 6.45) is -0.310. The number of non-ortho nitro benzene ring substituents is 1. The zero-order chi connectivity index (χ0) is 16.7. The first-order valence-corrected chi connectivity index (χ1v) is 6.67. The normalized spacial score (nSPS) is 11.2. The van der Waals surface area contributed by atoms with E-state index in [1.54, 1.807) is 20.8 Å². The maximum absolute atomic E-state index is 11.5. The van der Waals surface area contributed by atoms with Gasteiger partial charge in [-0.05, 0) is 38.5 Å². The van der Waals surface area contributed by atoms with Gasteiger partial charge in [-0.25, -0.2) is 5.43 Å². The fourth-order valence-electron chi connectivity index (χ4n) is 1.59. The fraction of sp³-hybridized carbons (Fsp3) is 0.357. The monoisotopic (exact) mass is 306 g/mol. The molecule has 2 amide bonds. The molecule has 0 fully saturated rings. The summed E-state index contributed by atoms with van der Waals surface area (Å²) in [6, 6.07) is 5.74. The van der Waals surface area contributed by atoms with Crippen LogP contribution in [0.25, 0.3) is 0 Å². The predicted octanol–water partition coefficient (Wildman–Crippen LogP) is 1.35. The van der Waals surface area contributed by atoms with Crippen molar-refractivity contribution in [3.8, 4) is 0 Å². The molecule has 118 valence electrons. The molecule has 0 spiro atoms. The summed E-state index contributed by atoms with van der Waals surface area (Å²) in [5, 5.41) is 17.0. The van der Waals surface area contributed by atoms with Crippen molar-refractivity contribution in [3.63, 3.8) is 0 Å². The first-order chi connectivity index (χ1) is 10.3. The summed E-state index contributed by atoms with van der Waals surface area (Å²) in [5.74, 6) is -0.907. The second kappa shape index (κ2) is 7.87. The number of nitro groups is 1. The third-order valence-electron chi connectivity index (χ3n) is 2.61. The first-order valence-electron chi connectivity index (χ1n) is 6.67. The van der Waals surface area contributed by atoms with Crippen molar-refractivity contribution < 1.29 is 14.5 Å². The summed E-state index contributed by atoms with van der Waals surface area (Å²) < 4.78 is 0. The lowest BCUT2D eigenvalue weighted by Gasteiger charge is -2.07. The van der Waals surface area contributed by atoms with Gasteiger partial charge in [0.15, 0.2) is 0 Å². The van der Waals surface area contributed by atoms with E-state index >= 15 is 0 Å². The Labute approximate surface area is 127 Å². The average Bonchev–Trinajstić information content (AvgIpc) is 2.43. The van der Waals surface area contributed by atoms with E-state index in [1.807, 2.05) is 0 Å². The zero-order valence-corrected chi connectivity index (χ0v) is 12.6. The zero-order valence-electron chi connectivity index (χ0n) is 12.6. The Hall–Kier alpha value is -2.77. The van der Waals surface area contributed by atoms with Gasteiger partial charge in [0.05, 0.1) is 10.6 Å². The lowest BCUT2D eigenvalue weighted by atomic mass is 10.1. The lowest BCUT2D eigenvalue weighted by molar-refractivity contribution is -0.384. The molecule has 0 aromatic heterocycles. The van der Waals surface area contributed by atoms with Crippen LogP contribution in [0.15, 0.2) is 29.4 Å². The molecule has 0 atom stereocenters. The molecule has 0 bridgehead atoms. The van der Waals surface area contributed by atoms with Gasteiger partial charge in [-0.15, -0.1) is 0 Å². The highest BCUT2D eigenvalue weighted by atomic mass is 16.6. The van der Waals surface area contributed by atoms with Crippen molar-refractivity contribution in [1.29, 1.82) is 0 Å². The molecule has 0 saturated heterocycles. The Morgan fingerprint density at radius 2 is 1.82 bits per heavy atom. The summed E-state index contributed by atoms with van der Waals surface area (Å²) in [7, 11) is 0. The van der Waals surface area contributed by atoms with Crippen LogP contribution in [0.1, 0.15) is 32.8 Å². The lowest BCUT2D eigenvalue weighted by Crippen LogP contribution is -2.34. The fourth-order valence-corrected chi connectivity index (χ4v) is 1.59. The minimum atomic E-state index is -0.528. The van der Waals surface area contributed by atoms with Crippen molar-refractivity contribution in [3.05, 3.63) is 39.9 Å². The molecule has 0 unspecified atom stereocenters. The van der Waals surface area contributed by atoms with Crippen LogP contribution in [0, 0.1) is 10.1 Å². The highest BCUT2D eigenvalue weighted by Crippen LogP contribution is 2.12. The largest absolute Gasteiger partial charge is 0.353 e. The molecule has 2 N–H and O–H groups in total. The minimum absolute atomic E-state index is 0.0223. The molecular weight excluding hydrogens is 288 g/mol. The number of carbonyl (C=O) groups is 2. The molecule has 0 radical (unpaired) electrons. The number of nitrogens with one attached hydrogen (secondary N) is 2. The van der Waals surface area contributed by atoms with Crippen LogP contribution in [0.2, 0.25) is 0 Å². The molecule has 22 heavy (non-hydrogen) atoms. The van der Waals surface area contributed by atoms with E-state index in [2.05, 4.69) is 15.8 Å². The van der Waals surface area contributed by atoms with Gasteiger partial charge in [0.2, 0.25) is 11.8 Å². The molecule has 1 rings (SSSR count). The molecule has 0 aliphatic heterocycles. The number of hydrazone groups is 1. The number of nitro benzene ring substituents is 1. The number of carbonyl (C=O) groups excluding carboxylic acids is 2. The van der Waals surface area contributed by atoms with E-state index in [1.165, 1.54) is 24.3 Å². The van der Waals surface area contributed by atoms with Crippen molar-refractivity contribution in [2.24, 2.45) is 5.10 Å². The van der Waals surface area contributed by atoms with Gasteiger partial charge in [0.1, 0.15) is 6.42 Å². The van der Waals surface area contributed by atoms with Gasteiger partial charge < -0.3 is 5.32 Å². The van der Waals surface area contributed by atoms with Crippen molar-refractivity contribution in [1.82, 2.24) is 10.7 Å². The maximum atomic E-state index is 11.5. The van der Waals surface area contributed by atoms with Crippen LogP contribution >= 0.6 is 0 Å². The average molecular weight is 306 g/mol. The number of nitrogens with zero attached hydrogens (tertiary/aromatic N) is 2. The molecule has 8 nitrogen and oxygen atoms in total. The molecule has 8 heteroatoms. The summed E-state index contributed by atoms with van der Waals surface area (Å²) >= 11 is 0. The van der Waals surface area contributed by atoms with E-state index in [-0.39, 0.29) is 24.1 Å². The molecule has 0 aliphatic rings. The Bertz CT molecular complexity index is 593. The summed E-state index contributed by atoms with van der Waals surface area (Å²) in [5.41, 5.74) is 3.37. The van der Waals surface area contributed by atoms with Gasteiger partial charge in [0, 0.05) is 18.2 Å². The molecule has 1 aromatic rings. The SMILES string of the molecule is C/C(=N\NC(=O)CC(=O)NC(C)C)c1ccc([N+](=O)[O-])cc1. The quantitative estimate of drug-likeness (QED) is 0.357. The van der Waals surface area contributed by atoms with Crippen molar-refractivity contribution >= 4 is 23.2 Å². The first kappa shape index (κ1) is 17.3. The molecule has 1 aromatic carbocycles. The van der Waals surface area contributed by atoms with E-state index < -0.39 is 10.8 Å². The predicted molar refractivity (Wildman–Crippen MR) is 81.3 cm³/mol.